The Morgan fingerprint density at radius 2 is 2.00 bits per heavy atom. The van der Waals surface area contributed by atoms with Crippen LogP contribution in [0.4, 0.5) is 0 Å². The molecule has 1 rings (SSSR count). The fourth-order valence-corrected chi connectivity index (χ4v) is 1.15. The van der Waals surface area contributed by atoms with Crippen molar-refractivity contribution in [3.8, 4) is 11.8 Å². The van der Waals surface area contributed by atoms with Gasteiger partial charge in [-0.2, -0.15) is 5.26 Å². The molecule has 0 fully saturated rings. The number of likely N-dealkylation sites (N-methyl/N-ethyl adjacent to an activating group) is 1. The van der Waals surface area contributed by atoms with E-state index in [1.807, 2.05) is 44.4 Å². The lowest BCUT2D eigenvalue weighted by molar-refractivity contribution is 0.261. The second-order valence-corrected chi connectivity index (χ2v) is 3.68. The van der Waals surface area contributed by atoms with Crippen LogP contribution in [0.3, 0.4) is 0 Å². The maximum atomic E-state index is 8.38. The number of rotatable bonds is 5. The molecule has 3 nitrogen and oxygen atoms in total. The van der Waals surface area contributed by atoms with Gasteiger partial charge in [-0.1, -0.05) is 12.1 Å². The minimum Gasteiger partial charge on any atom is -0.492 e. The van der Waals surface area contributed by atoms with E-state index in [0.717, 1.165) is 17.9 Å². The third-order valence-corrected chi connectivity index (χ3v) is 2.04. The van der Waals surface area contributed by atoms with Gasteiger partial charge in [-0.05, 0) is 37.9 Å². The number of nitrogens with zero attached hydrogens (tertiary/aromatic N) is 2. The number of nitriles is 1. The maximum Gasteiger partial charge on any atom is 0.119 e. The lowest BCUT2D eigenvalue weighted by Gasteiger charge is -2.10. The molecule has 0 unspecified atom stereocenters. The lowest BCUT2D eigenvalue weighted by Crippen LogP contribution is -2.19. The summed E-state index contributed by atoms with van der Waals surface area (Å²) in [5.41, 5.74) is 1.00. The molecule has 0 aliphatic heterocycles. The number of allylic oxidation sites excluding steroid dienone is 1. The minimum absolute atomic E-state index is 0.681. The zero-order valence-electron chi connectivity index (χ0n) is 9.68. The molecule has 3 heteroatoms. The normalized spacial score (nSPS) is 10.6. The lowest BCUT2D eigenvalue weighted by atomic mass is 10.2. The van der Waals surface area contributed by atoms with Gasteiger partial charge < -0.3 is 9.64 Å². The van der Waals surface area contributed by atoms with Crippen LogP contribution in [0, 0.1) is 11.3 Å². The van der Waals surface area contributed by atoms with Gasteiger partial charge in [0.1, 0.15) is 12.4 Å². The second-order valence-electron chi connectivity index (χ2n) is 3.68. The van der Waals surface area contributed by atoms with Crippen molar-refractivity contribution < 1.29 is 4.74 Å². The van der Waals surface area contributed by atoms with Crippen molar-refractivity contribution in [2.24, 2.45) is 0 Å². The Morgan fingerprint density at radius 1 is 1.31 bits per heavy atom. The highest BCUT2D eigenvalue weighted by Gasteiger charge is 1.94. The number of ether oxygens (including phenoxy) is 1. The van der Waals surface area contributed by atoms with Crippen LogP contribution < -0.4 is 4.74 Å². The predicted molar refractivity (Wildman–Crippen MR) is 65.1 cm³/mol. The molecule has 0 radical (unpaired) electrons. The molecule has 0 heterocycles. The maximum absolute atomic E-state index is 8.38. The van der Waals surface area contributed by atoms with Crippen LogP contribution in [0.25, 0.3) is 6.08 Å². The minimum atomic E-state index is 0.681. The van der Waals surface area contributed by atoms with E-state index in [9.17, 15) is 0 Å². The SMILES string of the molecule is CN(C)CCOc1ccc(C=CC#N)cc1. The zero-order valence-corrected chi connectivity index (χ0v) is 9.68. The smallest absolute Gasteiger partial charge is 0.119 e. The topological polar surface area (TPSA) is 36.3 Å². The third kappa shape index (κ3) is 4.63. The van der Waals surface area contributed by atoms with Gasteiger partial charge in [0.2, 0.25) is 0 Å². The van der Waals surface area contributed by atoms with Gasteiger partial charge in [0, 0.05) is 12.6 Å². The number of hydrogen-bond donors (Lipinski definition) is 0. The molecule has 0 aliphatic rings. The molecule has 0 N–H and O–H groups in total. The summed E-state index contributed by atoms with van der Waals surface area (Å²) in [5.74, 6) is 0.857. The summed E-state index contributed by atoms with van der Waals surface area (Å²) < 4.78 is 5.55. The summed E-state index contributed by atoms with van der Waals surface area (Å²) in [6, 6.07) is 9.64. The highest BCUT2D eigenvalue weighted by atomic mass is 16.5. The first-order valence-electron chi connectivity index (χ1n) is 5.16. The van der Waals surface area contributed by atoms with E-state index in [1.54, 1.807) is 6.08 Å². The Labute approximate surface area is 96.6 Å². The molecule has 0 spiro atoms. The van der Waals surface area contributed by atoms with Gasteiger partial charge in [0.05, 0.1) is 6.07 Å². The van der Waals surface area contributed by atoms with E-state index in [4.69, 9.17) is 10.00 Å². The molecular formula is C13H16N2O. The second kappa shape index (κ2) is 6.65. The van der Waals surface area contributed by atoms with Crippen molar-refractivity contribution in [3.05, 3.63) is 35.9 Å². The monoisotopic (exact) mass is 216 g/mol. The summed E-state index contributed by atoms with van der Waals surface area (Å²) in [7, 11) is 4.03. The largest absolute Gasteiger partial charge is 0.492 e. The van der Waals surface area contributed by atoms with Crippen molar-refractivity contribution in [2.75, 3.05) is 27.2 Å². The van der Waals surface area contributed by atoms with Gasteiger partial charge >= 0.3 is 0 Å². The van der Waals surface area contributed by atoms with Crippen LogP contribution in [0.5, 0.6) is 5.75 Å². The summed E-state index contributed by atoms with van der Waals surface area (Å²) in [5, 5.41) is 8.38. The number of hydrogen-bond acceptors (Lipinski definition) is 3. The Balaban J connectivity index is 2.46. The molecule has 0 aliphatic carbocycles. The first-order valence-corrected chi connectivity index (χ1v) is 5.16. The van der Waals surface area contributed by atoms with Crippen molar-refractivity contribution in [2.45, 2.75) is 0 Å². The molecule has 0 atom stereocenters. The summed E-state index contributed by atoms with van der Waals surface area (Å²) in [6.45, 7) is 1.58. The van der Waals surface area contributed by atoms with E-state index in [0.29, 0.717) is 6.61 Å². The third-order valence-electron chi connectivity index (χ3n) is 2.04. The molecule has 16 heavy (non-hydrogen) atoms. The molecule has 0 aromatic heterocycles. The fourth-order valence-electron chi connectivity index (χ4n) is 1.15. The van der Waals surface area contributed by atoms with Crippen LogP contribution in [0.15, 0.2) is 30.3 Å². The molecule has 0 saturated heterocycles. The van der Waals surface area contributed by atoms with Gasteiger partial charge in [-0.3, -0.25) is 0 Å². The highest BCUT2D eigenvalue weighted by molar-refractivity contribution is 5.52. The molecule has 0 amide bonds. The molecule has 0 saturated carbocycles. The van der Waals surface area contributed by atoms with E-state index in [1.165, 1.54) is 6.08 Å². The van der Waals surface area contributed by atoms with Gasteiger partial charge in [0.25, 0.3) is 0 Å². The van der Waals surface area contributed by atoms with E-state index in [-0.39, 0.29) is 0 Å². The Hall–Kier alpha value is -1.79. The molecule has 84 valence electrons. The summed E-state index contributed by atoms with van der Waals surface area (Å²) in [6.07, 6.45) is 3.23. The average Bonchev–Trinajstić information content (AvgIpc) is 2.27. The van der Waals surface area contributed by atoms with E-state index < -0.39 is 0 Å². The van der Waals surface area contributed by atoms with Crippen LogP contribution in [-0.2, 0) is 0 Å². The standard InChI is InChI=1S/C13H16N2O/c1-15(2)10-11-16-13-7-5-12(6-8-13)4-3-9-14/h3-8H,10-11H2,1-2H3. The Morgan fingerprint density at radius 3 is 2.56 bits per heavy atom. The van der Waals surface area contributed by atoms with Crippen LogP contribution in [0.1, 0.15) is 5.56 Å². The fraction of sp³-hybridized carbons (Fsp3) is 0.308. The molecular weight excluding hydrogens is 200 g/mol. The first kappa shape index (κ1) is 12.3. The van der Waals surface area contributed by atoms with Gasteiger partial charge in [0.15, 0.2) is 0 Å². The predicted octanol–water partition coefficient (Wildman–Crippen LogP) is 2.16. The van der Waals surface area contributed by atoms with E-state index in [2.05, 4.69) is 4.90 Å². The quantitative estimate of drug-likeness (QED) is 0.708. The van der Waals surface area contributed by atoms with Crippen LogP contribution in [-0.4, -0.2) is 32.1 Å². The Bertz CT molecular complexity index is 374. The Kier molecular flexibility index (Phi) is 5.10. The molecule has 1 aromatic carbocycles. The molecule has 1 aromatic rings. The van der Waals surface area contributed by atoms with Crippen molar-refractivity contribution in [3.63, 3.8) is 0 Å². The first-order chi connectivity index (χ1) is 7.72. The van der Waals surface area contributed by atoms with Gasteiger partial charge in [-0.25, -0.2) is 0 Å². The summed E-state index contributed by atoms with van der Waals surface area (Å²) >= 11 is 0. The molecule has 0 bridgehead atoms. The van der Waals surface area contributed by atoms with Crippen LogP contribution >= 0.6 is 0 Å². The van der Waals surface area contributed by atoms with Crippen LogP contribution in [0.2, 0.25) is 0 Å². The van der Waals surface area contributed by atoms with Crippen molar-refractivity contribution >= 4 is 6.08 Å². The average molecular weight is 216 g/mol. The number of benzene rings is 1. The van der Waals surface area contributed by atoms with Gasteiger partial charge in [-0.15, -0.1) is 0 Å². The zero-order chi connectivity index (χ0) is 11.8. The van der Waals surface area contributed by atoms with Crippen molar-refractivity contribution in [1.29, 1.82) is 5.26 Å². The van der Waals surface area contributed by atoms with E-state index >= 15 is 0 Å². The summed E-state index contributed by atoms with van der Waals surface area (Å²) in [4.78, 5) is 2.07. The highest BCUT2D eigenvalue weighted by Crippen LogP contribution is 2.12. The van der Waals surface area contributed by atoms with Crippen molar-refractivity contribution in [1.82, 2.24) is 4.90 Å².